The fourth-order valence-electron chi connectivity index (χ4n) is 3.17. The number of benzene rings is 2. The van der Waals surface area contributed by atoms with Crippen molar-refractivity contribution in [1.29, 1.82) is 0 Å². The number of H-pyrrole nitrogens is 1. The van der Waals surface area contributed by atoms with Crippen LogP contribution in [0.1, 0.15) is 17.0 Å². The minimum atomic E-state index is 0.738. The van der Waals surface area contributed by atoms with E-state index in [0.717, 1.165) is 36.1 Å². The zero-order valence-corrected chi connectivity index (χ0v) is 15.6. The Morgan fingerprint density at radius 2 is 1.70 bits per heavy atom. The SMILES string of the molecule is Cc1ccc(Nc2cc(NCCc3c[nH]c4ccccc34)nc(C)n2)cc1. The van der Waals surface area contributed by atoms with Gasteiger partial charge >= 0.3 is 0 Å². The van der Waals surface area contributed by atoms with E-state index in [1.54, 1.807) is 0 Å². The van der Waals surface area contributed by atoms with Crippen molar-refractivity contribution in [1.82, 2.24) is 15.0 Å². The number of hydrogen-bond acceptors (Lipinski definition) is 4. The summed E-state index contributed by atoms with van der Waals surface area (Å²) in [5.41, 5.74) is 4.74. The third-order valence-corrected chi connectivity index (χ3v) is 4.54. The van der Waals surface area contributed by atoms with Crippen molar-refractivity contribution in [2.24, 2.45) is 0 Å². The normalized spacial score (nSPS) is 10.9. The first-order chi connectivity index (χ1) is 13.2. The van der Waals surface area contributed by atoms with Crippen molar-refractivity contribution >= 4 is 28.2 Å². The van der Waals surface area contributed by atoms with E-state index in [9.17, 15) is 0 Å². The van der Waals surface area contributed by atoms with Gasteiger partial charge in [0.05, 0.1) is 0 Å². The van der Waals surface area contributed by atoms with Crippen LogP contribution in [0.5, 0.6) is 0 Å². The van der Waals surface area contributed by atoms with Crippen molar-refractivity contribution in [3.8, 4) is 0 Å². The van der Waals surface area contributed by atoms with Crippen molar-refractivity contribution in [2.75, 3.05) is 17.2 Å². The molecule has 0 aliphatic carbocycles. The van der Waals surface area contributed by atoms with Gasteiger partial charge in [-0.05, 0) is 44.0 Å². The van der Waals surface area contributed by atoms with Crippen LogP contribution < -0.4 is 10.6 Å². The molecule has 5 heteroatoms. The molecule has 0 aliphatic rings. The summed E-state index contributed by atoms with van der Waals surface area (Å²) in [6.07, 6.45) is 3.01. The monoisotopic (exact) mass is 357 g/mol. The lowest BCUT2D eigenvalue weighted by atomic mass is 10.1. The Balaban J connectivity index is 1.43. The highest BCUT2D eigenvalue weighted by Crippen LogP contribution is 2.20. The van der Waals surface area contributed by atoms with Crippen LogP contribution in [0.25, 0.3) is 10.9 Å². The molecule has 0 fully saturated rings. The highest BCUT2D eigenvalue weighted by Gasteiger charge is 2.05. The van der Waals surface area contributed by atoms with Crippen molar-refractivity contribution in [3.05, 3.63) is 77.7 Å². The van der Waals surface area contributed by atoms with Gasteiger partial charge in [-0.3, -0.25) is 0 Å². The van der Waals surface area contributed by atoms with Gasteiger partial charge < -0.3 is 15.6 Å². The lowest BCUT2D eigenvalue weighted by molar-refractivity contribution is 0.988. The van der Waals surface area contributed by atoms with E-state index in [2.05, 4.69) is 81.2 Å². The van der Waals surface area contributed by atoms with Crippen LogP contribution in [0.15, 0.2) is 60.8 Å². The maximum absolute atomic E-state index is 4.50. The minimum absolute atomic E-state index is 0.738. The van der Waals surface area contributed by atoms with Gasteiger partial charge in [0, 0.05) is 35.4 Å². The quantitative estimate of drug-likeness (QED) is 0.456. The Morgan fingerprint density at radius 3 is 2.56 bits per heavy atom. The second-order valence-electron chi connectivity index (χ2n) is 6.71. The van der Waals surface area contributed by atoms with Gasteiger partial charge in [-0.15, -0.1) is 0 Å². The molecule has 4 aromatic rings. The molecule has 0 spiro atoms. The maximum Gasteiger partial charge on any atom is 0.136 e. The largest absolute Gasteiger partial charge is 0.370 e. The molecule has 0 bridgehead atoms. The second kappa shape index (κ2) is 7.50. The summed E-state index contributed by atoms with van der Waals surface area (Å²) in [5.74, 6) is 2.36. The number of aryl methyl sites for hydroxylation is 2. The molecule has 27 heavy (non-hydrogen) atoms. The van der Waals surface area contributed by atoms with E-state index in [1.165, 1.54) is 22.0 Å². The smallest absolute Gasteiger partial charge is 0.136 e. The Labute approximate surface area is 158 Å². The van der Waals surface area contributed by atoms with Crippen LogP contribution in [0.3, 0.4) is 0 Å². The third-order valence-electron chi connectivity index (χ3n) is 4.54. The van der Waals surface area contributed by atoms with Gasteiger partial charge in [-0.2, -0.15) is 0 Å². The summed E-state index contributed by atoms with van der Waals surface area (Å²) in [7, 11) is 0. The summed E-state index contributed by atoms with van der Waals surface area (Å²) in [5, 5.41) is 8.04. The Bertz CT molecular complexity index is 1050. The average molecular weight is 357 g/mol. The summed E-state index contributed by atoms with van der Waals surface area (Å²) in [4.78, 5) is 12.3. The topological polar surface area (TPSA) is 65.6 Å². The molecule has 2 aromatic carbocycles. The molecular formula is C22H23N5. The summed E-state index contributed by atoms with van der Waals surface area (Å²) in [6, 6.07) is 18.6. The predicted octanol–water partition coefficient (Wildman–Crippen LogP) is 4.97. The third kappa shape index (κ3) is 4.08. The van der Waals surface area contributed by atoms with E-state index < -0.39 is 0 Å². The molecule has 136 valence electrons. The molecule has 3 N–H and O–H groups in total. The number of hydrogen-bond donors (Lipinski definition) is 3. The first-order valence-electron chi connectivity index (χ1n) is 9.15. The number of aromatic amines is 1. The molecular weight excluding hydrogens is 334 g/mol. The number of aromatic nitrogens is 3. The van der Waals surface area contributed by atoms with Gasteiger partial charge in [-0.1, -0.05) is 35.9 Å². The molecule has 0 atom stereocenters. The Hall–Kier alpha value is -3.34. The molecule has 0 amide bonds. The number of nitrogens with zero attached hydrogens (tertiary/aromatic N) is 2. The molecule has 5 nitrogen and oxygen atoms in total. The number of nitrogens with one attached hydrogen (secondary N) is 3. The van der Waals surface area contributed by atoms with E-state index in [4.69, 9.17) is 0 Å². The molecule has 0 saturated heterocycles. The highest BCUT2D eigenvalue weighted by molar-refractivity contribution is 5.83. The van der Waals surface area contributed by atoms with Gasteiger partial charge in [-0.25, -0.2) is 9.97 Å². The molecule has 2 aromatic heterocycles. The van der Waals surface area contributed by atoms with E-state index in [1.807, 2.05) is 19.1 Å². The second-order valence-corrected chi connectivity index (χ2v) is 6.71. The summed E-state index contributed by atoms with van der Waals surface area (Å²) < 4.78 is 0. The maximum atomic E-state index is 4.50. The molecule has 2 heterocycles. The van der Waals surface area contributed by atoms with Crippen LogP contribution in [0.4, 0.5) is 17.3 Å². The zero-order chi connectivity index (χ0) is 18.6. The molecule has 4 rings (SSSR count). The van der Waals surface area contributed by atoms with Gasteiger partial charge in [0.25, 0.3) is 0 Å². The standard InChI is InChI=1S/C22H23N5/c1-15-7-9-18(10-8-15)27-22-13-21(25-16(2)26-22)23-12-11-17-14-24-20-6-4-3-5-19(17)20/h3-10,13-14,24H,11-12H2,1-2H3,(H2,23,25,26,27). The van der Waals surface area contributed by atoms with Crippen LogP contribution >= 0.6 is 0 Å². The van der Waals surface area contributed by atoms with Crippen LogP contribution in [0.2, 0.25) is 0 Å². The van der Waals surface area contributed by atoms with Crippen LogP contribution in [-0.4, -0.2) is 21.5 Å². The summed E-state index contributed by atoms with van der Waals surface area (Å²) >= 11 is 0. The van der Waals surface area contributed by atoms with Gasteiger partial charge in [0.15, 0.2) is 0 Å². The first-order valence-corrected chi connectivity index (χ1v) is 9.15. The van der Waals surface area contributed by atoms with Crippen molar-refractivity contribution in [3.63, 3.8) is 0 Å². The first kappa shape index (κ1) is 17.1. The highest BCUT2D eigenvalue weighted by atomic mass is 15.1. The Morgan fingerprint density at radius 1 is 0.926 bits per heavy atom. The predicted molar refractivity (Wildman–Crippen MR) is 112 cm³/mol. The van der Waals surface area contributed by atoms with Crippen LogP contribution in [0, 0.1) is 13.8 Å². The summed E-state index contributed by atoms with van der Waals surface area (Å²) in [6.45, 7) is 4.79. The number of anilines is 3. The number of para-hydroxylation sites is 1. The van der Waals surface area contributed by atoms with E-state index in [-0.39, 0.29) is 0 Å². The van der Waals surface area contributed by atoms with Crippen molar-refractivity contribution in [2.45, 2.75) is 20.3 Å². The number of rotatable bonds is 6. The van der Waals surface area contributed by atoms with Crippen LogP contribution in [-0.2, 0) is 6.42 Å². The molecule has 0 radical (unpaired) electrons. The number of fused-ring (bicyclic) bond motifs is 1. The lowest BCUT2D eigenvalue weighted by Crippen LogP contribution is -2.08. The lowest BCUT2D eigenvalue weighted by Gasteiger charge is -2.10. The fraction of sp³-hybridized carbons (Fsp3) is 0.182. The minimum Gasteiger partial charge on any atom is -0.370 e. The average Bonchev–Trinajstić information content (AvgIpc) is 3.07. The zero-order valence-electron chi connectivity index (χ0n) is 15.6. The van der Waals surface area contributed by atoms with E-state index in [0.29, 0.717) is 0 Å². The molecule has 0 saturated carbocycles. The van der Waals surface area contributed by atoms with Gasteiger partial charge in [0.2, 0.25) is 0 Å². The van der Waals surface area contributed by atoms with Crippen molar-refractivity contribution < 1.29 is 0 Å². The molecule has 0 aliphatic heterocycles. The fourth-order valence-corrected chi connectivity index (χ4v) is 3.17. The Kier molecular flexibility index (Phi) is 4.75. The van der Waals surface area contributed by atoms with E-state index >= 15 is 0 Å². The molecule has 0 unspecified atom stereocenters. The van der Waals surface area contributed by atoms with Gasteiger partial charge in [0.1, 0.15) is 17.5 Å².